The molecule has 0 bridgehead atoms. The van der Waals surface area contributed by atoms with Crippen LogP contribution in [0.25, 0.3) is 22.3 Å². The Morgan fingerprint density at radius 2 is 1.13 bits per heavy atom. The lowest BCUT2D eigenvalue weighted by Crippen LogP contribution is -2.54. The summed E-state index contributed by atoms with van der Waals surface area (Å²) < 4.78 is 34.2. The number of anilines is 2. The molecule has 726 valence electrons. The number of cyclic esters (lactones) is 1. The van der Waals surface area contributed by atoms with Crippen LogP contribution in [0.15, 0.2) is 71.5 Å². The monoisotopic (exact) mass is 1880 g/mol. The van der Waals surface area contributed by atoms with Crippen molar-refractivity contribution in [2.75, 3.05) is 159 Å². The van der Waals surface area contributed by atoms with Gasteiger partial charge < -0.3 is 105 Å². The molecule has 0 unspecified atom stereocenters. The summed E-state index contributed by atoms with van der Waals surface area (Å²) in [6.07, 6.45) is 1.72. The van der Waals surface area contributed by atoms with E-state index in [1.807, 2.05) is 0 Å². The van der Waals surface area contributed by atoms with Crippen molar-refractivity contribution in [1.29, 1.82) is 0 Å². The maximum absolute atomic E-state index is 15.6. The fourth-order valence-corrected chi connectivity index (χ4v) is 15.4. The van der Waals surface area contributed by atoms with Crippen LogP contribution >= 0.6 is 0 Å². The van der Waals surface area contributed by atoms with E-state index in [2.05, 4.69) is 26.6 Å². The second kappa shape index (κ2) is 45.7. The zero-order chi connectivity index (χ0) is 99.6. The number of aromatic nitrogens is 2. The number of ether oxygens (including phenoxy) is 3. The minimum absolute atomic E-state index is 0.0158. The number of nitrogens with zero attached hydrogens (tertiary/aromatic N) is 13. The number of nitrogens with two attached hydrogens (primary N) is 1. The van der Waals surface area contributed by atoms with Crippen molar-refractivity contribution in [3.8, 4) is 17.1 Å². The largest absolute Gasteiger partial charge is 0.493 e. The predicted molar refractivity (Wildman–Crippen MR) is 482 cm³/mol. The average molecular weight is 1880 g/mol. The molecular formula is C91H116FN19O24. The number of amides is 18. The first-order valence-corrected chi connectivity index (χ1v) is 43.6. The van der Waals surface area contributed by atoms with E-state index < -0.39 is 200 Å². The second-order valence-electron chi connectivity index (χ2n) is 34.4. The number of fused-ring (bicyclic) bond motifs is 5. The van der Waals surface area contributed by atoms with E-state index in [4.69, 9.17) is 24.9 Å². The molecule has 44 heteroatoms. The van der Waals surface area contributed by atoms with Crippen LogP contribution in [0.2, 0.25) is 0 Å². The third kappa shape index (κ3) is 26.2. The molecule has 8 N–H and O–H groups in total. The number of nitrogens with one attached hydrogen (secondary N) is 5. The molecule has 5 aromatic rings. The molecule has 0 spiro atoms. The number of carbonyl (C=O) groups excluding carboxylic acids is 19. The van der Waals surface area contributed by atoms with Crippen molar-refractivity contribution in [1.82, 2.24) is 79.8 Å². The molecule has 9 rings (SSSR count). The number of pyridine rings is 2. The van der Waals surface area contributed by atoms with Crippen LogP contribution in [0.1, 0.15) is 123 Å². The first-order chi connectivity index (χ1) is 63.6. The summed E-state index contributed by atoms with van der Waals surface area (Å²) in [6, 6.07) is 9.58. The number of rotatable bonds is 43. The highest BCUT2D eigenvalue weighted by Crippen LogP contribution is 2.46. The van der Waals surface area contributed by atoms with Gasteiger partial charge in [-0.3, -0.25) is 81.5 Å². The van der Waals surface area contributed by atoms with Gasteiger partial charge in [0.1, 0.15) is 42.6 Å². The van der Waals surface area contributed by atoms with Crippen molar-refractivity contribution in [3.05, 3.63) is 127 Å². The van der Waals surface area contributed by atoms with Crippen molar-refractivity contribution in [3.63, 3.8) is 0 Å². The van der Waals surface area contributed by atoms with E-state index in [0.717, 1.165) is 66.1 Å². The molecule has 3 aliphatic heterocycles. The number of esters is 1. The number of alkyl carbamates (subject to hydrolysis) is 1. The maximum Gasteiger partial charge on any atom is 0.407 e. The number of imide groups is 1. The smallest absolute Gasteiger partial charge is 0.407 e. The molecule has 0 saturated heterocycles. The number of aryl methyl sites for hydroxylation is 2. The quantitative estimate of drug-likeness (QED) is 0.0149. The number of Topliss-reactive ketones (excluding diaryl/α,β-unsaturated/α-hetero) is 1. The Balaban J connectivity index is 0.716. The topological polar surface area (TPSA) is 529 Å². The van der Waals surface area contributed by atoms with Crippen LogP contribution in [-0.4, -0.2) is 337 Å². The normalized spacial score (nSPS) is 14.7. The number of ketones is 1. The zero-order valence-corrected chi connectivity index (χ0v) is 78.2. The Morgan fingerprint density at radius 1 is 0.622 bits per heavy atom. The highest BCUT2D eigenvalue weighted by molar-refractivity contribution is 6.28. The summed E-state index contributed by atoms with van der Waals surface area (Å²) in [4.78, 5) is 279. The number of carbonyl (C=O) groups is 19. The number of hydrogen-bond donors (Lipinski definition) is 7. The van der Waals surface area contributed by atoms with Crippen molar-refractivity contribution in [2.24, 2.45) is 11.7 Å². The van der Waals surface area contributed by atoms with Crippen LogP contribution in [-0.2, 0) is 129 Å². The summed E-state index contributed by atoms with van der Waals surface area (Å²) in [7, 11) is 13.3. The highest BCUT2D eigenvalue weighted by atomic mass is 19.1. The van der Waals surface area contributed by atoms with Gasteiger partial charge in [0.2, 0.25) is 76.8 Å². The molecule has 135 heavy (non-hydrogen) atoms. The minimum Gasteiger partial charge on any atom is -0.493 e. The first kappa shape index (κ1) is 104. The van der Waals surface area contributed by atoms with Gasteiger partial charge in [0.05, 0.1) is 113 Å². The maximum atomic E-state index is 15.6. The fraction of sp³-hybridized carbons (Fsp3) is 0.484. The lowest BCUT2D eigenvalue weighted by molar-refractivity contribution is -0.172. The van der Waals surface area contributed by atoms with E-state index in [-0.39, 0.29) is 130 Å². The standard InChI is InChI=1S/C91H116FN19O24/c1-16-91(132)61-36-66-84-59(39-110(66)87(128)60(61)50-134-88(91)129)82-63(29-28-58-53(5)62(92)37-65(96-84)81(58)82)98-90(131)135-49-54-21-25-56(26-22-54)95-85(126)64(19-17-33-94-89(93)130)97-86(127)83(51(2)3)99-68(113)30-24-55-23-27-57(111-70(115)31-32-71(111)116)35-67(55)133-34-18-20-69(114)101(7)40-73(118)103(9)42-75(120)105(11)44-77(122)107(13)46-79(124)109(15)48-80(125)108(14)47-78(123)106(12)45-76(121)104(10)43-74(119)102(8)41-72(117)100(6)38-52(4)112/h21-23,25-27,31-32,35-37,51,63-64,83,132H,16-20,24,28-30,33-34,38-50H2,1-15H3,(H,95,126)(H,97,127)(H,98,131)(H,99,113)(H3,93,94,130)/t63-,64-,83-,91-/m0/s1. The molecule has 2 aromatic heterocycles. The Labute approximate surface area is 777 Å². The number of hydrogen-bond acceptors (Lipinski definition) is 25. The Bertz CT molecular complexity index is 5610. The van der Waals surface area contributed by atoms with E-state index in [1.165, 1.54) is 100 Å². The average Bonchev–Trinajstić information content (AvgIpc) is 1.57. The number of primary amides is 1. The van der Waals surface area contributed by atoms with Gasteiger partial charge in [-0.25, -0.2) is 28.7 Å². The Kier molecular flexibility index (Phi) is 35.2. The minimum atomic E-state index is -2.09. The molecule has 1 aliphatic carbocycles. The lowest BCUT2D eigenvalue weighted by Gasteiger charge is -2.31. The SMILES string of the molecule is CC[C@@]1(O)C(=O)OCc2c1cc1n(c2=O)Cc2c-1nc1cc(F)c(C)c3c1c2[C@@H](NC(=O)OCc1ccc(NC(=O)[C@H](CCCNC(N)=O)NC(=O)[C@@H](NC(=O)CCc2ccc(N4C(=O)C=CC4=O)cc2OCCCC(=O)N(C)CC(=O)N(C)CC(=O)N(C)CC(=O)N(C)CC(=O)N(C)CC(=O)N(C)CC(=O)N(C)CC(=O)N(C)CC(=O)N(C)CC(=O)N(C)CC(C)=O)C(C)C)cc1)CC3. The van der Waals surface area contributed by atoms with Crippen molar-refractivity contribution >= 4 is 135 Å². The molecule has 4 aliphatic rings. The summed E-state index contributed by atoms with van der Waals surface area (Å²) >= 11 is 0. The van der Waals surface area contributed by atoms with E-state index in [1.54, 1.807) is 64.1 Å². The number of halogens is 1. The van der Waals surface area contributed by atoms with E-state index in [0.29, 0.717) is 63.0 Å². The summed E-state index contributed by atoms with van der Waals surface area (Å²) in [5, 5.41) is 25.8. The molecule has 0 fully saturated rings. The van der Waals surface area contributed by atoms with Gasteiger partial charge in [-0.05, 0) is 117 Å². The van der Waals surface area contributed by atoms with Crippen LogP contribution in [0.5, 0.6) is 5.75 Å². The first-order valence-electron chi connectivity index (χ1n) is 43.6. The van der Waals surface area contributed by atoms with E-state index >= 15 is 4.39 Å². The predicted octanol–water partition coefficient (Wildman–Crippen LogP) is -0.152. The number of urea groups is 1. The van der Waals surface area contributed by atoms with Crippen molar-refractivity contribution < 1.29 is 115 Å². The van der Waals surface area contributed by atoms with Gasteiger partial charge >= 0.3 is 18.1 Å². The molecule has 4 atom stereocenters. The van der Waals surface area contributed by atoms with Gasteiger partial charge in [0.25, 0.3) is 17.4 Å². The molecule has 43 nitrogen and oxygen atoms in total. The third-order valence-electron chi connectivity index (χ3n) is 23.7. The molecule has 0 saturated carbocycles. The number of likely N-dealkylation sites (N-methyl/N-ethyl adjacent to an activating group) is 10. The highest BCUT2D eigenvalue weighted by Gasteiger charge is 2.47. The third-order valence-corrected chi connectivity index (χ3v) is 23.7. The van der Waals surface area contributed by atoms with Crippen molar-refractivity contribution in [2.45, 2.75) is 136 Å². The lowest BCUT2D eigenvalue weighted by atomic mass is 9.81. The molecule has 5 heterocycles. The molecule has 18 amide bonds. The van der Waals surface area contributed by atoms with Gasteiger partial charge in [-0.1, -0.05) is 39.0 Å². The Morgan fingerprint density at radius 3 is 1.61 bits per heavy atom. The summed E-state index contributed by atoms with van der Waals surface area (Å²) in [6.45, 7) is 2.77. The molecule has 3 aromatic carbocycles. The van der Waals surface area contributed by atoms with Gasteiger partial charge in [-0.2, -0.15) is 0 Å². The molecule has 0 radical (unpaired) electrons. The number of benzene rings is 3. The fourth-order valence-electron chi connectivity index (χ4n) is 15.4. The molecular weight excluding hydrogens is 1760 g/mol. The van der Waals surface area contributed by atoms with Crippen LogP contribution in [0.4, 0.5) is 25.4 Å². The summed E-state index contributed by atoms with van der Waals surface area (Å²) in [5.41, 5.74) is 7.48. The van der Waals surface area contributed by atoms with E-state index in [9.17, 15) is 101 Å². The van der Waals surface area contributed by atoms with Gasteiger partial charge in [-0.15, -0.1) is 0 Å². The van der Waals surface area contributed by atoms with Crippen LogP contribution in [0, 0.1) is 18.7 Å². The Hall–Kier alpha value is -14.6. The van der Waals surface area contributed by atoms with Crippen LogP contribution < -0.4 is 47.5 Å². The second-order valence-corrected chi connectivity index (χ2v) is 34.4. The zero-order valence-electron chi connectivity index (χ0n) is 78.2. The number of aliphatic hydroxyl groups is 1. The van der Waals surface area contributed by atoms with Crippen LogP contribution in [0.3, 0.4) is 0 Å². The van der Waals surface area contributed by atoms with Gasteiger partial charge in [0, 0.05) is 136 Å². The van der Waals surface area contributed by atoms with Gasteiger partial charge in [0.15, 0.2) is 5.60 Å². The summed E-state index contributed by atoms with van der Waals surface area (Å²) in [5.74, 6) is -11.6.